The van der Waals surface area contributed by atoms with Crippen molar-refractivity contribution in [3.63, 3.8) is 0 Å². The Kier molecular flexibility index (Phi) is 6.65. The lowest BCUT2D eigenvalue weighted by Gasteiger charge is -2.30. The van der Waals surface area contributed by atoms with Crippen molar-refractivity contribution < 1.29 is 37.7 Å². The number of aliphatic hydroxyl groups excluding tert-OH is 2. The van der Waals surface area contributed by atoms with Gasteiger partial charge in [0.05, 0.1) is 24.4 Å². The zero-order chi connectivity index (χ0) is 21.1. The van der Waals surface area contributed by atoms with Crippen molar-refractivity contribution in [2.75, 3.05) is 26.4 Å². The molecule has 0 bridgehead atoms. The number of carbonyl (C=O) groups is 1. The van der Waals surface area contributed by atoms with E-state index in [1.165, 1.54) is 0 Å². The third-order valence-electron chi connectivity index (χ3n) is 5.55. The SMILES string of the molecule is O=C(NCC1(COc2ccc(C(F)(F)F)cn2)C[C@@H](O)[C@@H](O)C1)C1CCOCC1. The Morgan fingerprint density at radius 1 is 1.24 bits per heavy atom. The number of halogens is 3. The minimum absolute atomic E-state index is 0.00371. The number of ether oxygens (including phenoxy) is 2. The van der Waals surface area contributed by atoms with Crippen LogP contribution in [0.4, 0.5) is 13.2 Å². The van der Waals surface area contributed by atoms with Crippen LogP contribution in [0, 0.1) is 11.3 Å². The summed E-state index contributed by atoms with van der Waals surface area (Å²) in [6, 6.07) is 2.00. The number of hydrogen-bond acceptors (Lipinski definition) is 6. The first-order valence-corrected chi connectivity index (χ1v) is 9.56. The molecule has 7 nitrogen and oxygen atoms in total. The van der Waals surface area contributed by atoms with Gasteiger partial charge < -0.3 is 25.0 Å². The van der Waals surface area contributed by atoms with Crippen LogP contribution < -0.4 is 10.1 Å². The average Bonchev–Trinajstić information content (AvgIpc) is 2.99. The van der Waals surface area contributed by atoms with E-state index in [2.05, 4.69) is 10.3 Å². The fourth-order valence-electron chi connectivity index (χ4n) is 3.80. The fraction of sp³-hybridized carbons (Fsp3) is 0.684. The molecule has 1 unspecified atom stereocenters. The molecule has 0 aromatic carbocycles. The molecule has 1 aromatic heterocycles. The van der Waals surface area contributed by atoms with E-state index in [-0.39, 0.29) is 43.7 Å². The van der Waals surface area contributed by atoms with E-state index in [0.717, 1.165) is 12.1 Å². The summed E-state index contributed by atoms with van der Waals surface area (Å²) in [6.45, 7) is 1.23. The Hall–Kier alpha value is -1.91. The van der Waals surface area contributed by atoms with Crippen molar-refractivity contribution in [2.24, 2.45) is 11.3 Å². The molecular weight excluding hydrogens is 393 g/mol. The Morgan fingerprint density at radius 2 is 1.90 bits per heavy atom. The molecule has 2 fully saturated rings. The fourth-order valence-corrected chi connectivity index (χ4v) is 3.80. The van der Waals surface area contributed by atoms with E-state index in [1.807, 2.05) is 0 Å². The lowest BCUT2D eigenvalue weighted by atomic mass is 9.86. The van der Waals surface area contributed by atoms with E-state index in [1.54, 1.807) is 0 Å². The van der Waals surface area contributed by atoms with E-state index >= 15 is 0 Å². The number of pyridine rings is 1. The van der Waals surface area contributed by atoms with Crippen LogP contribution in [0.15, 0.2) is 18.3 Å². The van der Waals surface area contributed by atoms with Gasteiger partial charge in [0, 0.05) is 43.4 Å². The maximum absolute atomic E-state index is 12.6. The molecule has 0 radical (unpaired) electrons. The second-order valence-corrected chi connectivity index (χ2v) is 7.82. The van der Waals surface area contributed by atoms with Gasteiger partial charge >= 0.3 is 6.18 Å². The number of amides is 1. The van der Waals surface area contributed by atoms with Crippen LogP contribution in [0.3, 0.4) is 0 Å². The lowest BCUT2D eigenvalue weighted by molar-refractivity contribution is -0.137. The Balaban J connectivity index is 1.61. The van der Waals surface area contributed by atoms with Crippen LogP contribution >= 0.6 is 0 Å². The molecule has 1 aliphatic carbocycles. The molecule has 29 heavy (non-hydrogen) atoms. The summed E-state index contributed by atoms with van der Waals surface area (Å²) in [5.74, 6) is -0.255. The minimum Gasteiger partial charge on any atom is -0.477 e. The average molecular weight is 418 g/mol. The topological polar surface area (TPSA) is 101 Å². The number of rotatable bonds is 6. The molecule has 1 saturated heterocycles. The van der Waals surface area contributed by atoms with Gasteiger partial charge in [0.25, 0.3) is 0 Å². The maximum Gasteiger partial charge on any atom is 0.417 e. The third-order valence-corrected chi connectivity index (χ3v) is 5.55. The van der Waals surface area contributed by atoms with Gasteiger partial charge in [-0.05, 0) is 31.7 Å². The summed E-state index contributed by atoms with van der Waals surface area (Å²) >= 11 is 0. The van der Waals surface area contributed by atoms with Crippen molar-refractivity contribution in [1.82, 2.24) is 10.3 Å². The number of nitrogens with zero attached hydrogens (tertiary/aromatic N) is 1. The van der Waals surface area contributed by atoms with Crippen LogP contribution in [-0.4, -0.2) is 59.7 Å². The highest BCUT2D eigenvalue weighted by Crippen LogP contribution is 2.39. The predicted molar refractivity (Wildman–Crippen MR) is 95.0 cm³/mol. The predicted octanol–water partition coefficient (Wildman–Crippen LogP) is 1.52. The van der Waals surface area contributed by atoms with Gasteiger partial charge in [-0.3, -0.25) is 4.79 Å². The Labute approximate surface area is 166 Å². The molecule has 10 heteroatoms. The van der Waals surface area contributed by atoms with E-state index in [9.17, 15) is 28.2 Å². The summed E-state index contributed by atoms with van der Waals surface area (Å²) in [7, 11) is 0. The summed E-state index contributed by atoms with van der Waals surface area (Å²) in [4.78, 5) is 16.1. The Bertz CT molecular complexity index is 682. The van der Waals surface area contributed by atoms with Gasteiger partial charge in [0.1, 0.15) is 0 Å². The molecule has 1 aliphatic heterocycles. The van der Waals surface area contributed by atoms with Crippen LogP contribution in [-0.2, 0) is 15.7 Å². The lowest BCUT2D eigenvalue weighted by Crippen LogP contribution is -2.43. The number of aliphatic hydroxyl groups is 2. The second-order valence-electron chi connectivity index (χ2n) is 7.82. The molecule has 1 saturated carbocycles. The van der Waals surface area contributed by atoms with Crippen molar-refractivity contribution >= 4 is 5.91 Å². The first kappa shape index (κ1) is 21.8. The van der Waals surface area contributed by atoms with Crippen molar-refractivity contribution in [1.29, 1.82) is 0 Å². The summed E-state index contributed by atoms with van der Waals surface area (Å²) in [6.07, 6.45) is -4.05. The van der Waals surface area contributed by atoms with Gasteiger partial charge in [-0.15, -0.1) is 0 Å². The molecule has 162 valence electrons. The maximum atomic E-state index is 12.6. The molecule has 1 amide bonds. The zero-order valence-corrected chi connectivity index (χ0v) is 15.8. The normalized spacial score (nSPS) is 28.3. The number of nitrogens with one attached hydrogen (secondary N) is 1. The summed E-state index contributed by atoms with van der Waals surface area (Å²) in [5.41, 5.74) is -1.63. The molecule has 3 rings (SSSR count). The third kappa shape index (κ3) is 5.58. The summed E-state index contributed by atoms with van der Waals surface area (Å²) < 4.78 is 48.7. The van der Waals surface area contributed by atoms with E-state index in [0.29, 0.717) is 32.3 Å². The molecule has 2 aliphatic rings. The largest absolute Gasteiger partial charge is 0.477 e. The molecule has 3 N–H and O–H groups in total. The first-order chi connectivity index (χ1) is 13.7. The minimum atomic E-state index is -4.49. The van der Waals surface area contributed by atoms with Crippen molar-refractivity contribution in [2.45, 2.75) is 44.1 Å². The Morgan fingerprint density at radius 3 is 2.45 bits per heavy atom. The van der Waals surface area contributed by atoms with Gasteiger partial charge in [0.15, 0.2) is 0 Å². The number of carbonyl (C=O) groups excluding carboxylic acids is 1. The van der Waals surface area contributed by atoms with Crippen LogP contribution in [0.2, 0.25) is 0 Å². The van der Waals surface area contributed by atoms with Crippen LogP contribution in [0.1, 0.15) is 31.2 Å². The van der Waals surface area contributed by atoms with Crippen LogP contribution in [0.25, 0.3) is 0 Å². The second kappa shape index (κ2) is 8.85. The standard InChI is InChI=1S/C19H25F3N2O5/c20-19(21,22)13-1-2-16(23-9-13)29-11-18(7-14(25)15(26)8-18)10-24-17(27)12-3-5-28-6-4-12/h1-2,9,12,14-15,25-26H,3-8,10-11H2,(H,24,27)/t14-,15+,18?. The van der Waals surface area contributed by atoms with Crippen molar-refractivity contribution in [3.05, 3.63) is 23.9 Å². The van der Waals surface area contributed by atoms with E-state index in [4.69, 9.17) is 9.47 Å². The highest BCUT2D eigenvalue weighted by molar-refractivity contribution is 5.78. The molecule has 2 heterocycles. The number of alkyl halides is 3. The molecule has 0 spiro atoms. The quantitative estimate of drug-likeness (QED) is 0.648. The van der Waals surface area contributed by atoms with E-state index < -0.39 is 29.4 Å². The number of hydrogen-bond donors (Lipinski definition) is 3. The van der Waals surface area contributed by atoms with Gasteiger partial charge in [0.2, 0.25) is 11.8 Å². The van der Waals surface area contributed by atoms with Gasteiger partial charge in [-0.2, -0.15) is 13.2 Å². The summed E-state index contributed by atoms with van der Waals surface area (Å²) in [5, 5.41) is 22.9. The van der Waals surface area contributed by atoms with Crippen molar-refractivity contribution in [3.8, 4) is 5.88 Å². The van der Waals surface area contributed by atoms with Gasteiger partial charge in [-0.25, -0.2) is 4.98 Å². The molecular formula is C19H25F3N2O5. The molecule has 3 atom stereocenters. The zero-order valence-electron chi connectivity index (χ0n) is 15.8. The first-order valence-electron chi connectivity index (χ1n) is 9.56. The highest BCUT2D eigenvalue weighted by atomic mass is 19.4. The highest BCUT2D eigenvalue weighted by Gasteiger charge is 2.45. The monoisotopic (exact) mass is 418 g/mol. The smallest absolute Gasteiger partial charge is 0.417 e. The van der Waals surface area contributed by atoms with Crippen LogP contribution in [0.5, 0.6) is 5.88 Å². The number of aromatic nitrogens is 1. The molecule has 1 aromatic rings. The van der Waals surface area contributed by atoms with Gasteiger partial charge in [-0.1, -0.05) is 0 Å².